The first-order chi connectivity index (χ1) is 9.94. The van der Waals surface area contributed by atoms with Gasteiger partial charge in [0.2, 0.25) is 0 Å². The van der Waals surface area contributed by atoms with Crippen molar-refractivity contribution in [2.75, 3.05) is 18.6 Å². The molecule has 1 aromatic carbocycles. The molecule has 2 amide bonds. The van der Waals surface area contributed by atoms with Crippen LogP contribution in [0.2, 0.25) is 0 Å². The second kappa shape index (κ2) is 5.85. The smallest absolute Gasteiger partial charge is 0.254 e. The van der Waals surface area contributed by atoms with E-state index in [4.69, 9.17) is 4.74 Å². The Balaban J connectivity index is 2.58. The topological polar surface area (TPSA) is 58.6 Å². The van der Waals surface area contributed by atoms with E-state index in [1.165, 1.54) is 0 Å². The summed E-state index contributed by atoms with van der Waals surface area (Å²) in [5.41, 5.74) is 0.255. The van der Waals surface area contributed by atoms with Gasteiger partial charge in [-0.05, 0) is 32.4 Å². The number of carbonyl (C=O) groups is 2. The molecule has 1 aliphatic rings. The van der Waals surface area contributed by atoms with Crippen LogP contribution in [0.4, 0.5) is 5.69 Å². The van der Waals surface area contributed by atoms with Crippen LogP contribution < -0.4 is 10.2 Å². The van der Waals surface area contributed by atoms with Crippen molar-refractivity contribution in [3.05, 3.63) is 29.8 Å². The highest BCUT2D eigenvalue weighted by atomic mass is 16.5. The van der Waals surface area contributed by atoms with Crippen molar-refractivity contribution in [2.24, 2.45) is 0 Å². The lowest BCUT2D eigenvalue weighted by molar-refractivity contribution is -0.124. The van der Waals surface area contributed by atoms with E-state index in [0.717, 1.165) is 0 Å². The van der Waals surface area contributed by atoms with Gasteiger partial charge in [0, 0.05) is 7.11 Å². The van der Waals surface area contributed by atoms with Gasteiger partial charge in [0.25, 0.3) is 11.8 Å². The Morgan fingerprint density at radius 3 is 2.62 bits per heavy atom. The van der Waals surface area contributed by atoms with Gasteiger partial charge in [-0.2, -0.15) is 0 Å². The van der Waals surface area contributed by atoms with Crippen LogP contribution in [0.3, 0.4) is 0 Å². The molecular weight excluding hydrogens is 268 g/mol. The number of nitrogens with one attached hydrogen (secondary N) is 1. The summed E-state index contributed by atoms with van der Waals surface area (Å²) in [7, 11) is 1.60. The lowest BCUT2D eigenvalue weighted by Crippen LogP contribution is -2.57. The van der Waals surface area contributed by atoms with Crippen LogP contribution in [0.5, 0.6) is 0 Å². The maximum atomic E-state index is 13.0. The van der Waals surface area contributed by atoms with Crippen LogP contribution in [0.15, 0.2) is 24.3 Å². The van der Waals surface area contributed by atoms with Crippen LogP contribution in [-0.4, -0.2) is 37.1 Å². The zero-order valence-electron chi connectivity index (χ0n) is 13.0. The minimum Gasteiger partial charge on any atom is -0.383 e. The predicted molar refractivity (Wildman–Crippen MR) is 81.4 cm³/mol. The number of anilines is 1. The molecular formula is C16H22N2O3. The predicted octanol–water partition coefficient (Wildman–Crippen LogP) is 1.97. The third-order valence-electron chi connectivity index (χ3n) is 4.04. The van der Waals surface area contributed by atoms with E-state index in [0.29, 0.717) is 24.3 Å². The Hall–Kier alpha value is -1.88. The number of ether oxygens (including phenoxy) is 1. The van der Waals surface area contributed by atoms with E-state index in [9.17, 15) is 9.59 Å². The molecule has 1 aromatic rings. The number of hydrogen-bond donors (Lipinski definition) is 1. The summed E-state index contributed by atoms with van der Waals surface area (Å²) in [5, 5.41) is 2.87. The summed E-state index contributed by atoms with van der Waals surface area (Å²) in [6, 6.07) is 7.03. The molecule has 0 aromatic heterocycles. The lowest BCUT2D eigenvalue weighted by atomic mass is 9.96. The quantitative estimate of drug-likeness (QED) is 0.922. The van der Waals surface area contributed by atoms with Crippen molar-refractivity contribution in [1.82, 2.24) is 5.32 Å². The summed E-state index contributed by atoms with van der Waals surface area (Å²) < 4.78 is 5.19. The molecule has 1 heterocycles. The van der Waals surface area contributed by atoms with E-state index >= 15 is 0 Å². The molecule has 0 saturated carbocycles. The largest absolute Gasteiger partial charge is 0.383 e. The second-order valence-corrected chi connectivity index (χ2v) is 5.64. The zero-order chi connectivity index (χ0) is 15.6. The highest BCUT2D eigenvalue weighted by Crippen LogP contribution is 2.30. The van der Waals surface area contributed by atoms with Gasteiger partial charge >= 0.3 is 0 Å². The fourth-order valence-corrected chi connectivity index (χ4v) is 2.62. The third kappa shape index (κ3) is 2.65. The maximum Gasteiger partial charge on any atom is 0.254 e. The van der Waals surface area contributed by atoms with Crippen LogP contribution in [0.1, 0.15) is 37.6 Å². The van der Waals surface area contributed by atoms with Crippen LogP contribution in [0.25, 0.3) is 0 Å². The number of methoxy groups -OCH3 is 1. The van der Waals surface area contributed by atoms with E-state index in [1.54, 1.807) is 37.1 Å². The molecule has 1 N–H and O–H groups in total. The van der Waals surface area contributed by atoms with Crippen molar-refractivity contribution in [3.8, 4) is 0 Å². The Labute approximate surface area is 125 Å². The molecule has 2 unspecified atom stereocenters. The number of hydrogen-bond acceptors (Lipinski definition) is 3. The van der Waals surface area contributed by atoms with E-state index in [-0.39, 0.29) is 17.9 Å². The average molecular weight is 290 g/mol. The molecule has 2 atom stereocenters. The molecule has 0 bridgehead atoms. The molecule has 5 nitrogen and oxygen atoms in total. The number of nitrogens with zero attached hydrogens (tertiary/aromatic N) is 1. The molecule has 21 heavy (non-hydrogen) atoms. The molecule has 0 spiro atoms. The minimum absolute atomic E-state index is 0.104. The monoisotopic (exact) mass is 290 g/mol. The Morgan fingerprint density at radius 2 is 2.00 bits per heavy atom. The van der Waals surface area contributed by atoms with Crippen molar-refractivity contribution in [1.29, 1.82) is 0 Å². The molecule has 1 aliphatic heterocycles. The van der Waals surface area contributed by atoms with Crippen LogP contribution in [-0.2, 0) is 9.53 Å². The SMILES string of the molecule is CCC1(C)NC(=O)c2ccccc2N(C(C)COC)C1=O. The number of carbonyl (C=O) groups excluding carboxylic acids is 2. The average Bonchev–Trinajstić information content (AvgIpc) is 2.55. The first-order valence-electron chi connectivity index (χ1n) is 7.18. The summed E-state index contributed by atoms with van der Waals surface area (Å²) >= 11 is 0. The van der Waals surface area contributed by atoms with Crippen molar-refractivity contribution >= 4 is 17.5 Å². The summed E-state index contributed by atoms with van der Waals surface area (Å²) in [6.45, 7) is 6.00. The molecule has 0 radical (unpaired) electrons. The van der Waals surface area contributed by atoms with Gasteiger partial charge in [-0.1, -0.05) is 19.1 Å². The minimum atomic E-state index is -0.905. The Morgan fingerprint density at radius 1 is 1.33 bits per heavy atom. The Kier molecular flexibility index (Phi) is 4.32. The van der Waals surface area contributed by atoms with E-state index < -0.39 is 5.54 Å². The van der Waals surface area contributed by atoms with E-state index in [2.05, 4.69) is 5.32 Å². The number of amides is 2. The van der Waals surface area contributed by atoms with Gasteiger partial charge in [-0.15, -0.1) is 0 Å². The standard InChI is InChI=1S/C16H22N2O3/c1-5-16(3)15(20)18(11(2)10-21-4)13-9-7-6-8-12(13)14(19)17-16/h6-9,11H,5,10H2,1-4H3,(H,17,19). The Bertz CT molecular complexity index is 558. The van der Waals surface area contributed by atoms with Crippen LogP contribution >= 0.6 is 0 Å². The first-order valence-corrected chi connectivity index (χ1v) is 7.18. The molecule has 0 aliphatic carbocycles. The second-order valence-electron chi connectivity index (χ2n) is 5.64. The van der Waals surface area contributed by atoms with Gasteiger partial charge in [0.1, 0.15) is 5.54 Å². The summed E-state index contributed by atoms with van der Waals surface area (Å²) in [4.78, 5) is 27.1. The fourth-order valence-electron chi connectivity index (χ4n) is 2.62. The van der Waals surface area contributed by atoms with Crippen molar-refractivity contribution < 1.29 is 14.3 Å². The molecule has 0 saturated heterocycles. The van der Waals surface area contributed by atoms with Gasteiger partial charge in [-0.25, -0.2) is 0 Å². The molecule has 114 valence electrons. The first kappa shape index (κ1) is 15.5. The third-order valence-corrected chi connectivity index (χ3v) is 4.04. The highest BCUT2D eigenvalue weighted by Gasteiger charge is 2.43. The molecule has 5 heteroatoms. The van der Waals surface area contributed by atoms with Gasteiger partial charge in [0.05, 0.1) is 23.9 Å². The lowest BCUT2D eigenvalue weighted by Gasteiger charge is -2.35. The number of para-hydroxylation sites is 1. The maximum absolute atomic E-state index is 13.0. The number of rotatable bonds is 4. The van der Waals surface area contributed by atoms with Crippen molar-refractivity contribution in [2.45, 2.75) is 38.8 Å². The normalized spacial score (nSPS) is 23.3. The zero-order valence-corrected chi connectivity index (χ0v) is 13.0. The summed E-state index contributed by atoms with van der Waals surface area (Å²) in [5.74, 6) is -0.316. The van der Waals surface area contributed by atoms with Crippen LogP contribution in [0, 0.1) is 0 Å². The highest BCUT2D eigenvalue weighted by molar-refractivity contribution is 6.12. The van der Waals surface area contributed by atoms with Gasteiger partial charge < -0.3 is 15.0 Å². The number of fused-ring (bicyclic) bond motifs is 1. The van der Waals surface area contributed by atoms with Gasteiger partial charge in [-0.3, -0.25) is 9.59 Å². The number of benzene rings is 1. The molecule has 2 rings (SSSR count). The van der Waals surface area contributed by atoms with E-state index in [1.807, 2.05) is 19.9 Å². The van der Waals surface area contributed by atoms with Gasteiger partial charge in [0.15, 0.2) is 0 Å². The summed E-state index contributed by atoms with van der Waals surface area (Å²) in [6.07, 6.45) is 0.530. The van der Waals surface area contributed by atoms with Crippen molar-refractivity contribution in [3.63, 3.8) is 0 Å². The fraction of sp³-hybridized carbons (Fsp3) is 0.500. The molecule has 0 fully saturated rings.